The third-order valence-corrected chi connectivity index (χ3v) is 3.63. The zero-order valence-corrected chi connectivity index (χ0v) is 9.75. The normalized spacial score (nSPS) is 19.8. The molecule has 17 heavy (non-hydrogen) atoms. The van der Waals surface area contributed by atoms with Crippen LogP contribution in [-0.2, 0) is 11.2 Å². The van der Waals surface area contributed by atoms with Crippen molar-refractivity contribution in [3.8, 4) is 0 Å². The molecule has 0 saturated heterocycles. The maximum absolute atomic E-state index is 13.4. The Bertz CT molecular complexity index is 397. The van der Waals surface area contributed by atoms with Gasteiger partial charge >= 0.3 is 0 Å². The lowest BCUT2D eigenvalue weighted by atomic mass is 9.74. The SMILES string of the molecule is COC1(C(O)Cc2cc(F)ccc2F)CCC1. The predicted molar refractivity (Wildman–Crippen MR) is 59.7 cm³/mol. The summed E-state index contributed by atoms with van der Waals surface area (Å²) in [6.45, 7) is 0. The maximum atomic E-state index is 13.4. The van der Waals surface area contributed by atoms with Crippen LogP contribution in [0.2, 0.25) is 0 Å². The largest absolute Gasteiger partial charge is 0.390 e. The Hall–Kier alpha value is -1.00. The van der Waals surface area contributed by atoms with Crippen molar-refractivity contribution >= 4 is 0 Å². The zero-order chi connectivity index (χ0) is 12.5. The number of methoxy groups -OCH3 is 1. The van der Waals surface area contributed by atoms with E-state index in [1.165, 1.54) is 0 Å². The monoisotopic (exact) mass is 242 g/mol. The van der Waals surface area contributed by atoms with Gasteiger partial charge in [0.15, 0.2) is 0 Å². The Balaban J connectivity index is 2.12. The summed E-state index contributed by atoms with van der Waals surface area (Å²) >= 11 is 0. The van der Waals surface area contributed by atoms with Crippen LogP contribution in [0.5, 0.6) is 0 Å². The molecule has 0 heterocycles. The average Bonchev–Trinajstić information content (AvgIpc) is 2.23. The van der Waals surface area contributed by atoms with Crippen molar-refractivity contribution in [1.82, 2.24) is 0 Å². The van der Waals surface area contributed by atoms with Crippen LogP contribution in [0, 0.1) is 11.6 Å². The smallest absolute Gasteiger partial charge is 0.126 e. The van der Waals surface area contributed by atoms with E-state index in [2.05, 4.69) is 0 Å². The number of hydrogen-bond donors (Lipinski definition) is 1. The second-order valence-corrected chi connectivity index (χ2v) is 4.58. The van der Waals surface area contributed by atoms with E-state index in [0.29, 0.717) is 0 Å². The highest BCUT2D eigenvalue weighted by molar-refractivity contribution is 5.20. The van der Waals surface area contributed by atoms with Gasteiger partial charge in [-0.05, 0) is 43.0 Å². The molecule has 1 fully saturated rings. The molecule has 1 aromatic rings. The molecule has 0 aromatic heterocycles. The van der Waals surface area contributed by atoms with Gasteiger partial charge in [-0.25, -0.2) is 8.78 Å². The first-order valence-electron chi connectivity index (χ1n) is 5.74. The topological polar surface area (TPSA) is 29.5 Å². The molecule has 1 unspecified atom stereocenters. The summed E-state index contributed by atoms with van der Waals surface area (Å²) in [5.74, 6) is -0.982. The van der Waals surface area contributed by atoms with Crippen molar-refractivity contribution in [2.24, 2.45) is 0 Å². The van der Waals surface area contributed by atoms with E-state index in [9.17, 15) is 13.9 Å². The maximum Gasteiger partial charge on any atom is 0.126 e. The Kier molecular flexibility index (Phi) is 3.45. The standard InChI is InChI=1S/C13H16F2O2/c1-17-13(5-2-6-13)12(16)8-9-7-10(14)3-4-11(9)15/h3-4,7,12,16H,2,5-6,8H2,1H3. The molecule has 0 radical (unpaired) electrons. The van der Waals surface area contributed by atoms with Gasteiger partial charge in [-0.1, -0.05) is 0 Å². The number of rotatable bonds is 4. The third-order valence-electron chi connectivity index (χ3n) is 3.63. The highest BCUT2D eigenvalue weighted by Gasteiger charge is 2.43. The van der Waals surface area contributed by atoms with E-state index in [-0.39, 0.29) is 12.0 Å². The Morgan fingerprint density at radius 2 is 2.12 bits per heavy atom. The molecule has 0 bridgehead atoms. The van der Waals surface area contributed by atoms with Crippen molar-refractivity contribution in [3.05, 3.63) is 35.4 Å². The summed E-state index contributed by atoms with van der Waals surface area (Å²) < 4.78 is 31.7. The van der Waals surface area contributed by atoms with Crippen LogP contribution >= 0.6 is 0 Å². The minimum atomic E-state index is -0.794. The van der Waals surface area contributed by atoms with Crippen LogP contribution in [0.15, 0.2) is 18.2 Å². The Morgan fingerprint density at radius 1 is 1.41 bits per heavy atom. The van der Waals surface area contributed by atoms with E-state index in [4.69, 9.17) is 4.74 Å². The average molecular weight is 242 g/mol. The van der Waals surface area contributed by atoms with Crippen LogP contribution in [-0.4, -0.2) is 23.9 Å². The fourth-order valence-corrected chi connectivity index (χ4v) is 2.29. The van der Waals surface area contributed by atoms with Crippen molar-refractivity contribution in [2.75, 3.05) is 7.11 Å². The van der Waals surface area contributed by atoms with Gasteiger partial charge in [0.1, 0.15) is 11.6 Å². The first-order valence-corrected chi connectivity index (χ1v) is 5.74. The number of aliphatic hydroxyl groups is 1. The molecule has 2 rings (SSSR count). The van der Waals surface area contributed by atoms with Gasteiger partial charge in [0.2, 0.25) is 0 Å². The fraction of sp³-hybridized carbons (Fsp3) is 0.538. The molecule has 0 aliphatic heterocycles. The summed E-state index contributed by atoms with van der Waals surface area (Å²) in [5, 5.41) is 10.1. The molecular weight excluding hydrogens is 226 g/mol. The van der Waals surface area contributed by atoms with Gasteiger partial charge < -0.3 is 9.84 Å². The number of benzene rings is 1. The van der Waals surface area contributed by atoms with E-state index < -0.39 is 23.3 Å². The van der Waals surface area contributed by atoms with E-state index in [1.807, 2.05) is 0 Å². The molecule has 1 saturated carbocycles. The number of halogens is 2. The number of hydrogen-bond acceptors (Lipinski definition) is 2. The van der Waals surface area contributed by atoms with Gasteiger partial charge in [-0.2, -0.15) is 0 Å². The number of aliphatic hydroxyl groups excluding tert-OH is 1. The zero-order valence-electron chi connectivity index (χ0n) is 9.75. The molecule has 0 amide bonds. The second-order valence-electron chi connectivity index (χ2n) is 4.58. The molecule has 1 aliphatic carbocycles. The summed E-state index contributed by atoms with van der Waals surface area (Å²) in [5.41, 5.74) is -0.375. The van der Waals surface area contributed by atoms with Crippen LogP contribution in [0.3, 0.4) is 0 Å². The van der Waals surface area contributed by atoms with Crippen molar-refractivity contribution < 1.29 is 18.6 Å². The van der Waals surface area contributed by atoms with Crippen molar-refractivity contribution in [1.29, 1.82) is 0 Å². The highest BCUT2D eigenvalue weighted by atomic mass is 19.1. The third kappa shape index (κ3) is 2.33. The molecule has 1 atom stereocenters. The van der Waals surface area contributed by atoms with E-state index >= 15 is 0 Å². The first kappa shape index (κ1) is 12.5. The molecule has 0 spiro atoms. The Morgan fingerprint density at radius 3 is 2.65 bits per heavy atom. The Labute approximate surface area is 99.2 Å². The lowest BCUT2D eigenvalue weighted by molar-refractivity contribution is -0.148. The fourth-order valence-electron chi connectivity index (χ4n) is 2.29. The van der Waals surface area contributed by atoms with Crippen LogP contribution < -0.4 is 0 Å². The molecular formula is C13H16F2O2. The molecule has 2 nitrogen and oxygen atoms in total. The number of ether oxygens (including phenoxy) is 1. The van der Waals surface area contributed by atoms with E-state index in [1.54, 1.807) is 7.11 Å². The first-order chi connectivity index (χ1) is 8.07. The van der Waals surface area contributed by atoms with Crippen molar-refractivity contribution in [2.45, 2.75) is 37.4 Å². The summed E-state index contributed by atoms with van der Waals surface area (Å²) in [7, 11) is 1.55. The minimum absolute atomic E-state index is 0.0808. The summed E-state index contributed by atoms with van der Waals surface area (Å²) in [4.78, 5) is 0. The molecule has 1 N–H and O–H groups in total. The molecule has 1 aliphatic rings. The lowest BCUT2D eigenvalue weighted by Gasteiger charge is -2.44. The minimum Gasteiger partial charge on any atom is -0.390 e. The molecule has 94 valence electrons. The lowest BCUT2D eigenvalue weighted by Crippen LogP contribution is -2.51. The van der Waals surface area contributed by atoms with Gasteiger partial charge in [0.05, 0.1) is 11.7 Å². The van der Waals surface area contributed by atoms with Gasteiger partial charge in [-0.3, -0.25) is 0 Å². The van der Waals surface area contributed by atoms with Crippen LogP contribution in [0.1, 0.15) is 24.8 Å². The second kappa shape index (κ2) is 4.70. The summed E-state index contributed by atoms with van der Waals surface area (Å²) in [6, 6.07) is 3.28. The van der Waals surface area contributed by atoms with Gasteiger partial charge in [0.25, 0.3) is 0 Å². The quantitative estimate of drug-likeness (QED) is 0.878. The van der Waals surface area contributed by atoms with Crippen LogP contribution in [0.25, 0.3) is 0 Å². The van der Waals surface area contributed by atoms with Gasteiger partial charge in [-0.15, -0.1) is 0 Å². The van der Waals surface area contributed by atoms with E-state index in [0.717, 1.165) is 37.5 Å². The van der Waals surface area contributed by atoms with Crippen LogP contribution in [0.4, 0.5) is 8.78 Å². The van der Waals surface area contributed by atoms with Gasteiger partial charge in [0, 0.05) is 13.5 Å². The highest BCUT2D eigenvalue weighted by Crippen LogP contribution is 2.39. The predicted octanol–water partition coefficient (Wildman–Crippen LogP) is 2.44. The molecule has 4 heteroatoms. The summed E-state index contributed by atoms with van der Waals surface area (Å²) in [6.07, 6.45) is 1.81. The molecule has 1 aromatic carbocycles. The van der Waals surface area contributed by atoms with Crippen molar-refractivity contribution in [3.63, 3.8) is 0 Å².